The summed E-state index contributed by atoms with van der Waals surface area (Å²) in [6.07, 6.45) is 2.56. The van der Waals surface area contributed by atoms with E-state index in [1.807, 2.05) is 0 Å². The molecule has 0 aliphatic carbocycles. The summed E-state index contributed by atoms with van der Waals surface area (Å²) in [5.74, 6) is -0.253. The van der Waals surface area contributed by atoms with E-state index in [1.165, 1.54) is 0 Å². The van der Waals surface area contributed by atoms with Gasteiger partial charge in [-0.3, -0.25) is 14.8 Å². The van der Waals surface area contributed by atoms with E-state index < -0.39 is 6.10 Å². The predicted octanol–water partition coefficient (Wildman–Crippen LogP) is 0.740. The average Bonchev–Trinajstić information content (AvgIpc) is 2.35. The van der Waals surface area contributed by atoms with Crippen molar-refractivity contribution >= 4 is 16.9 Å². The van der Waals surface area contributed by atoms with Gasteiger partial charge in [-0.15, -0.1) is 0 Å². The number of fused-ring (bicyclic) bond motifs is 1. The van der Waals surface area contributed by atoms with Gasteiger partial charge in [-0.25, -0.2) is 0 Å². The topological polar surface area (TPSA) is 75.1 Å². The van der Waals surface area contributed by atoms with E-state index >= 15 is 0 Å². The molecule has 2 aromatic rings. The first-order chi connectivity index (χ1) is 8.18. The molecule has 17 heavy (non-hydrogen) atoms. The van der Waals surface area contributed by atoms with Crippen LogP contribution in [0, 0.1) is 0 Å². The molecule has 1 aromatic carbocycles. The molecule has 2 N–H and O–H groups in total. The van der Waals surface area contributed by atoms with Crippen LogP contribution in [-0.4, -0.2) is 33.6 Å². The standard InChI is InChI=1S/C12H13N3O2/c1-8(16)7-15-12(17)9-3-2-4-10-11(9)14-6-5-13-10/h2-6,8,16H,7H2,1H3,(H,15,17)/t8-/m0/s1. The number of hydrogen-bond acceptors (Lipinski definition) is 4. The first kappa shape index (κ1) is 11.5. The lowest BCUT2D eigenvalue weighted by atomic mass is 10.1. The van der Waals surface area contributed by atoms with Gasteiger partial charge in [-0.2, -0.15) is 0 Å². The third kappa shape index (κ3) is 2.57. The van der Waals surface area contributed by atoms with Crippen molar-refractivity contribution in [3.8, 4) is 0 Å². The lowest BCUT2D eigenvalue weighted by molar-refractivity contribution is 0.0925. The summed E-state index contributed by atoms with van der Waals surface area (Å²) in [6.45, 7) is 1.83. The van der Waals surface area contributed by atoms with E-state index in [1.54, 1.807) is 37.5 Å². The highest BCUT2D eigenvalue weighted by molar-refractivity contribution is 6.04. The number of benzene rings is 1. The molecule has 0 bridgehead atoms. The van der Waals surface area contributed by atoms with E-state index in [0.29, 0.717) is 16.6 Å². The van der Waals surface area contributed by atoms with Crippen molar-refractivity contribution in [2.24, 2.45) is 0 Å². The molecule has 0 spiro atoms. The molecule has 0 radical (unpaired) electrons. The number of carbonyl (C=O) groups is 1. The quantitative estimate of drug-likeness (QED) is 0.817. The molecule has 0 aliphatic heterocycles. The maximum absolute atomic E-state index is 11.9. The maximum Gasteiger partial charge on any atom is 0.253 e. The average molecular weight is 231 g/mol. The maximum atomic E-state index is 11.9. The van der Waals surface area contributed by atoms with Crippen LogP contribution in [0.1, 0.15) is 17.3 Å². The molecule has 0 unspecified atom stereocenters. The number of carbonyl (C=O) groups excluding carboxylic acids is 1. The Hall–Kier alpha value is -2.01. The summed E-state index contributed by atoms with van der Waals surface area (Å²) in [5, 5.41) is 11.8. The molecule has 5 nitrogen and oxygen atoms in total. The monoisotopic (exact) mass is 231 g/mol. The summed E-state index contributed by atoms with van der Waals surface area (Å²) in [4.78, 5) is 20.1. The molecule has 1 amide bonds. The Labute approximate surface area is 98.5 Å². The van der Waals surface area contributed by atoms with E-state index in [-0.39, 0.29) is 12.5 Å². The van der Waals surface area contributed by atoms with E-state index in [9.17, 15) is 4.79 Å². The van der Waals surface area contributed by atoms with Crippen molar-refractivity contribution in [3.05, 3.63) is 36.2 Å². The minimum atomic E-state index is -0.569. The van der Waals surface area contributed by atoms with Gasteiger partial charge in [0.2, 0.25) is 0 Å². The molecule has 0 aliphatic rings. The number of amides is 1. The normalized spacial score (nSPS) is 12.4. The lowest BCUT2D eigenvalue weighted by Gasteiger charge is -2.08. The van der Waals surface area contributed by atoms with Gasteiger partial charge in [-0.05, 0) is 19.1 Å². The minimum Gasteiger partial charge on any atom is -0.392 e. The number of nitrogens with one attached hydrogen (secondary N) is 1. The molecule has 2 rings (SSSR count). The summed E-state index contributed by atoms with van der Waals surface area (Å²) < 4.78 is 0. The molecule has 5 heteroatoms. The number of aliphatic hydroxyl groups is 1. The fourth-order valence-corrected chi connectivity index (χ4v) is 1.51. The number of nitrogens with zero attached hydrogens (tertiary/aromatic N) is 2. The molecule has 1 heterocycles. The zero-order valence-electron chi connectivity index (χ0n) is 9.42. The smallest absolute Gasteiger partial charge is 0.253 e. The van der Waals surface area contributed by atoms with Crippen molar-refractivity contribution in [3.63, 3.8) is 0 Å². The van der Waals surface area contributed by atoms with Gasteiger partial charge in [0.1, 0.15) is 5.52 Å². The molecule has 0 fully saturated rings. The third-order valence-corrected chi connectivity index (χ3v) is 2.30. The summed E-state index contributed by atoms with van der Waals surface area (Å²) in [6, 6.07) is 5.25. The molecule has 1 aromatic heterocycles. The Balaban J connectivity index is 2.32. The van der Waals surface area contributed by atoms with Gasteiger partial charge in [0.05, 0.1) is 17.2 Å². The second-order valence-corrected chi connectivity index (χ2v) is 3.79. The highest BCUT2D eigenvalue weighted by Crippen LogP contribution is 2.13. The van der Waals surface area contributed by atoms with Gasteiger partial charge in [-0.1, -0.05) is 6.07 Å². The molecule has 1 atom stereocenters. The van der Waals surface area contributed by atoms with Crippen LogP contribution in [0.3, 0.4) is 0 Å². The van der Waals surface area contributed by atoms with Crippen molar-refractivity contribution in [1.82, 2.24) is 15.3 Å². The van der Waals surface area contributed by atoms with Gasteiger partial charge in [0.15, 0.2) is 0 Å². The van der Waals surface area contributed by atoms with Crippen molar-refractivity contribution in [1.29, 1.82) is 0 Å². The predicted molar refractivity (Wildman–Crippen MR) is 63.6 cm³/mol. The fourth-order valence-electron chi connectivity index (χ4n) is 1.51. The Bertz CT molecular complexity index is 535. The van der Waals surface area contributed by atoms with Crippen LogP contribution in [0.2, 0.25) is 0 Å². The fraction of sp³-hybridized carbons (Fsp3) is 0.250. The van der Waals surface area contributed by atoms with Crippen LogP contribution >= 0.6 is 0 Å². The Morgan fingerprint density at radius 3 is 2.94 bits per heavy atom. The highest BCUT2D eigenvalue weighted by Gasteiger charge is 2.11. The molecular formula is C12H13N3O2. The van der Waals surface area contributed by atoms with Crippen LogP contribution in [0.25, 0.3) is 11.0 Å². The molecular weight excluding hydrogens is 218 g/mol. The molecule has 0 saturated carbocycles. The number of hydrogen-bond donors (Lipinski definition) is 2. The van der Waals surface area contributed by atoms with Crippen LogP contribution in [-0.2, 0) is 0 Å². The number of aromatic nitrogens is 2. The first-order valence-electron chi connectivity index (χ1n) is 5.34. The zero-order valence-corrected chi connectivity index (χ0v) is 9.42. The van der Waals surface area contributed by atoms with Crippen LogP contribution in [0.5, 0.6) is 0 Å². The van der Waals surface area contributed by atoms with Crippen LogP contribution < -0.4 is 5.32 Å². The van der Waals surface area contributed by atoms with Crippen molar-refractivity contribution in [2.45, 2.75) is 13.0 Å². The number of aliphatic hydroxyl groups excluding tert-OH is 1. The SMILES string of the molecule is C[C@H](O)CNC(=O)c1cccc2nccnc12. The Morgan fingerprint density at radius 2 is 2.18 bits per heavy atom. The molecule has 0 saturated heterocycles. The third-order valence-electron chi connectivity index (χ3n) is 2.30. The van der Waals surface area contributed by atoms with Crippen LogP contribution in [0.15, 0.2) is 30.6 Å². The van der Waals surface area contributed by atoms with Gasteiger partial charge >= 0.3 is 0 Å². The lowest BCUT2D eigenvalue weighted by Crippen LogP contribution is -2.30. The first-order valence-corrected chi connectivity index (χ1v) is 5.34. The zero-order chi connectivity index (χ0) is 12.3. The van der Waals surface area contributed by atoms with E-state index in [4.69, 9.17) is 5.11 Å². The summed E-state index contributed by atoms with van der Waals surface area (Å²) in [5.41, 5.74) is 1.71. The van der Waals surface area contributed by atoms with Crippen molar-refractivity contribution in [2.75, 3.05) is 6.54 Å². The second-order valence-electron chi connectivity index (χ2n) is 3.79. The van der Waals surface area contributed by atoms with E-state index in [0.717, 1.165) is 0 Å². The van der Waals surface area contributed by atoms with Crippen molar-refractivity contribution < 1.29 is 9.90 Å². The summed E-state index contributed by atoms with van der Waals surface area (Å²) >= 11 is 0. The van der Waals surface area contributed by atoms with Gasteiger partial charge in [0, 0.05) is 18.9 Å². The number of para-hydroxylation sites is 1. The summed E-state index contributed by atoms with van der Waals surface area (Å²) in [7, 11) is 0. The van der Waals surface area contributed by atoms with Gasteiger partial charge < -0.3 is 10.4 Å². The number of rotatable bonds is 3. The largest absolute Gasteiger partial charge is 0.392 e. The second kappa shape index (κ2) is 4.88. The molecule has 88 valence electrons. The van der Waals surface area contributed by atoms with Gasteiger partial charge in [0.25, 0.3) is 5.91 Å². The highest BCUT2D eigenvalue weighted by atomic mass is 16.3. The minimum absolute atomic E-state index is 0.218. The Morgan fingerprint density at radius 1 is 1.41 bits per heavy atom. The Kier molecular flexibility index (Phi) is 3.30. The van der Waals surface area contributed by atoms with Crippen LogP contribution in [0.4, 0.5) is 0 Å². The van der Waals surface area contributed by atoms with E-state index in [2.05, 4.69) is 15.3 Å².